The van der Waals surface area contributed by atoms with E-state index in [4.69, 9.17) is 16.7 Å². The Morgan fingerprint density at radius 2 is 1.95 bits per heavy atom. The highest BCUT2D eigenvalue weighted by molar-refractivity contribution is 8.00. The minimum atomic E-state index is -4.62. The highest BCUT2D eigenvalue weighted by Gasteiger charge is 2.33. The Bertz CT molecular complexity index is 516. The quantitative estimate of drug-likeness (QED) is 0.677. The number of carboxylic acid groups (broad SMARTS) is 1. The third kappa shape index (κ3) is 4.14. The van der Waals surface area contributed by atoms with Crippen molar-refractivity contribution in [2.75, 3.05) is 0 Å². The molecule has 1 aromatic carbocycles. The molecule has 0 saturated carbocycles. The number of Topliss-reactive ketones (excluding diaryl/α,β-unsaturated/α-hetero) is 1. The maximum Gasteiger partial charge on any atom is 0.446 e. The highest BCUT2D eigenvalue weighted by Crippen LogP contribution is 2.41. The number of halogens is 4. The molecule has 1 aromatic rings. The van der Waals surface area contributed by atoms with Gasteiger partial charge in [0.25, 0.3) is 0 Å². The molecule has 8 heteroatoms. The van der Waals surface area contributed by atoms with E-state index in [-0.39, 0.29) is 5.56 Å². The molecule has 1 unspecified atom stereocenters. The Kier molecular flexibility index (Phi) is 4.86. The van der Waals surface area contributed by atoms with Gasteiger partial charge in [-0.2, -0.15) is 13.2 Å². The molecule has 0 radical (unpaired) electrons. The summed E-state index contributed by atoms with van der Waals surface area (Å²) < 4.78 is 37.0. The number of thioether (sulfide) groups is 1. The molecule has 0 aliphatic rings. The number of alkyl halides is 4. The van der Waals surface area contributed by atoms with Gasteiger partial charge in [0, 0.05) is 4.90 Å². The summed E-state index contributed by atoms with van der Waals surface area (Å²) in [4.78, 5) is 21.8. The lowest BCUT2D eigenvalue weighted by atomic mass is 10.0. The number of carbonyl (C=O) groups excluding carboxylic acids is 1. The average molecular weight is 313 g/mol. The molecule has 3 nitrogen and oxygen atoms in total. The molecular formula is C11H8ClF3O3S. The van der Waals surface area contributed by atoms with Crippen LogP contribution in [0.5, 0.6) is 0 Å². The lowest BCUT2D eigenvalue weighted by Crippen LogP contribution is -2.12. The van der Waals surface area contributed by atoms with Crippen LogP contribution in [0.1, 0.15) is 28.2 Å². The van der Waals surface area contributed by atoms with Crippen LogP contribution in [0.4, 0.5) is 13.2 Å². The second-order valence-electron chi connectivity index (χ2n) is 3.55. The Labute approximate surface area is 115 Å². The van der Waals surface area contributed by atoms with Crippen LogP contribution in [-0.2, 0) is 4.79 Å². The van der Waals surface area contributed by atoms with Crippen molar-refractivity contribution in [3.8, 4) is 0 Å². The first kappa shape index (κ1) is 15.8. The summed E-state index contributed by atoms with van der Waals surface area (Å²) >= 11 is 5.18. The first-order valence-electron chi connectivity index (χ1n) is 4.90. The van der Waals surface area contributed by atoms with E-state index in [1.165, 1.54) is 12.1 Å². The van der Waals surface area contributed by atoms with Crippen molar-refractivity contribution in [3.63, 3.8) is 0 Å². The Morgan fingerprint density at radius 1 is 1.37 bits per heavy atom. The molecule has 0 fully saturated rings. The van der Waals surface area contributed by atoms with Crippen molar-refractivity contribution in [2.24, 2.45) is 0 Å². The molecule has 0 saturated heterocycles. The van der Waals surface area contributed by atoms with E-state index in [0.29, 0.717) is 0 Å². The second kappa shape index (κ2) is 5.83. The van der Waals surface area contributed by atoms with Crippen molar-refractivity contribution in [2.45, 2.75) is 22.7 Å². The highest BCUT2D eigenvalue weighted by atomic mass is 35.5. The lowest BCUT2D eigenvalue weighted by Gasteiger charge is -2.14. The van der Waals surface area contributed by atoms with Crippen molar-refractivity contribution in [3.05, 3.63) is 29.3 Å². The molecule has 1 atom stereocenters. The summed E-state index contributed by atoms with van der Waals surface area (Å²) in [5, 5.41) is 7.73. The zero-order valence-corrected chi connectivity index (χ0v) is 11.1. The summed E-state index contributed by atoms with van der Waals surface area (Å²) in [6.45, 7) is 1.13. The van der Waals surface area contributed by atoms with E-state index in [1.807, 2.05) is 0 Å². The molecule has 1 rings (SSSR count). The van der Waals surface area contributed by atoms with Crippen LogP contribution in [0, 0.1) is 0 Å². The molecule has 0 spiro atoms. The molecule has 104 valence electrons. The number of benzene rings is 1. The van der Waals surface area contributed by atoms with Gasteiger partial charge in [-0.3, -0.25) is 4.79 Å². The van der Waals surface area contributed by atoms with Gasteiger partial charge in [0.05, 0.1) is 5.56 Å². The molecule has 0 aliphatic heterocycles. The topological polar surface area (TPSA) is 54.4 Å². The van der Waals surface area contributed by atoms with Crippen molar-refractivity contribution in [1.29, 1.82) is 0 Å². The Morgan fingerprint density at radius 3 is 2.37 bits per heavy atom. The van der Waals surface area contributed by atoms with E-state index in [2.05, 4.69) is 0 Å². The van der Waals surface area contributed by atoms with E-state index < -0.39 is 44.9 Å². The van der Waals surface area contributed by atoms with E-state index in [0.717, 1.165) is 13.0 Å². The lowest BCUT2D eigenvalue weighted by molar-refractivity contribution is -0.116. The number of rotatable bonds is 4. The van der Waals surface area contributed by atoms with Gasteiger partial charge < -0.3 is 5.11 Å². The van der Waals surface area contributed by atoms with Crippen LogP contribution in [0.3, 0.4) is 0 Å². The molecular weight excluding hydrogens is 305 g/mol. The second-order valence-corrected chi connectivity index (χ2v) is 5.09. The summed E-state index contributed by atoms with van der Waals surface area (Å²) in [6.07, 6.45) is 0. The van der Waals surface area contributed by atoms with Crippen LogP contribution in [-0.4, -0.2) is 22.4 Å². The molecule has 19 heavy (non-hydrogen) atoms. The molecule has 0 aliphatic carbocycles. The number of aromatic carboxylic acids is 1. The molecule has 1 N–H and O–H groups in total. The number of carboxylic acids is 1. The number of ketones is 1. The van der Waals surface area contributed by atoms with Gasteiger partial charge in [-0.25, -0.2) is 4.79 Å². The maximum absolute atomic E-state index is 12.3. The maximum atomic E-state index is 12.3. The van der Waals surface area contributed by atoms with Gasteiger partial charge in [-0.1, -0.05) is 12.1 Å². The van der Waals surface area contributed by atoms with Gasteiger partial charge in [0.2, 0.25) is 0 Å². The average Bonchev–Trinajstić information content (AvgIpc) is 2.24. The summed E-state index contributed by atoms with van der Waals surface area (Å²) in [5.74, 6) is -2.10. The van der Waals surface area contributed by atoms with Crippen molar-refractivity contribution < 1.29 is 27.9 Å². The monoisotopic (exact) mass is 312 g/mol. The fourth-order valence-electron chi connectivity index (χ4n) is 1.42. The normalized spacial score (nSPS) is 13.1. The fraction of sp³-hybridized carbons (Fsp3) is 0.273. The minimum Gasteiger partial charge on any atom is -0.478 e. The third-order valence-corrected chi connectivity index (χ3v) is 3.46. The smallest absolute Gasteiger partial charge is 0.446 e. The number of carbonyl (C=O) groups is 2. The first-order valence-corrected chi connectivity index (χ1v) is 6.15. The van der Waals surface area contributed by atoms with Crippen molar-refractivity contribution in [1.82, 2.24) is 0 Å². The van der Waals surface area contributed by atoms with E-state index >= 15 is 0 Å². The SMILES string of the molecule is CC(=O)C(Cl)c1cccc(SC(F)(F)F)c1C(=O)O. The zero-order chi connectivity index (χ0) is 14.8. The van der Waals surface area contributed by atoms with Crippen LogP contribution >= 0.6 is 23.4 Å². The largest absolute Gasteiger partial charge is 0.478 e. The standard InChI is InChI=1S/C11H8ClF3O3S/c1-5(16)9(12)6-3-2-4-7(8(6)10(17)18)19-11(13,14)15/h2-4,9H,1H3,(H,17,18). The minimum absolute atomic E-state index is 0.143. The van der Waals surface area contributed by atoms with Gasteiger partial charge >= 0.3 is 11.5 Å². The van der Waals surface area contributed by atoms with Crippen LogP contribution in [0.15, 0.2) is 23.1 Å². The number of hydrogen-bond acceptors (Lipinski definition) is 3. The van der Waals surface area contributed by atoms with Gasteiger partial charge in [0.15, 0.2) is 5.78 Å². The molecule has 0 bridgehead atoms. The van der Waals surface area contributed by atoms with Crippen LogP contribution in [0.2, 0.25) is 0 Å². The van der Waals surface area contributed by atoms with Crippen molar-refractivity contribution >= 4 is 35.1 Å². The first-order chi connectivity index (χ1) is 8.63. The van der Waals surface area contributed by atoms with Crippen LogP contribution < -0.4 is 0 Å². The summed E-state index contributed by atoms with van der Waals surface area (Å²) in [6, 6.07) is 3.48. The zero-order valence-electron chi connectivity index (χ0n) is 9.49. The summed E-state index contributed by atoms with van der Waals surface area (Å²) in [7, 11) is 0. The Balaban J connectivity index is 3.38. The predicted molar refractivity (Wildman–Crippen MR) is 64.6 cm³/mol. The fourth-order valence-corrected chi connectivity index (χ4v) is 2.30. The van der Waals surface area contributed by atoms with Gasteiger partial charge in [0.1, 0.15) is 5.38 Å². The predicted octanol–water partition coefficient (Wildman–Crippen LogP) is 3.87. The summed E-state index contributed by atoms with van der Waals surface area (Å²) in [5.41, 5.74) is -5.36. The molecule has 0 amide bonds. The van der Waals surface area contributed by atoms with Gasteiger partial charge in [-0.15, -0.1) is 11.6 Å². The van der Waals surface area contributed by atoms with E-state index in [1.54, 1.807) is 0 Å². The van der Waals surface area contributed by atoms with Gasteiger partial charge in [-0.05, 0) is 30.3 Å². The Hall–Kier alpha value is -1.21. The molecule has 0 aromatic heterocycles. The molecule has 0 heterocycles. The number of hydrogen-bond donors (Lipinski definition) is 1. The third-order valence-electron chi connectivity index (χ3n) is 2.13. The van der Waals surface area contributed by atoms with E-state index in [9.17, 15) is 22.8 Å². The van der Waals surface area contributed by atoms with Crippen LogP contribution in [0.25, 0.3) is 0 Å².